The highest BCUT2D eigenvalue weighted by Gasteiger charge is 2.29. The van der Waals surface area contributed by atoms with Crippen LogP contribution in [-0.4, -0.2) is 22.9 Å². The van der Waals surface area contributed by atoms with Gasteiger partial charge in [0.05, 0.1) is 23.3 Å². The summed E-state index contributed by atoms with van der Waals surface area (Å²) in [5.74, 6) is 0.723. The second-order valence-electron chi connectivity index (χ2n) is 5.32. The fourth-order valence-corrected chi connectivity index (χ4v) is 2.39. The molecule has 0 aliphatic heterocycles. The molecule has 1 heterocycles. The van der Waals surface area contributed by atoms with Gasteiger partial charge in [-0.1, -0.05) is 32.7 Å². The number of aromatic nitrogens is 2. The molecule has 0 spiro atoms. The van der Waals surface area contributed by atoms with Gasteiger partial charge in [0.15, 0.2) is 5.82 Å². The Bertz CT molecular complexity index is 628. The van der Waals surface area contributed by atoms with Gasteiger partial charge in [0.2, 0.25) is 0 Å². The van der Waals surface area contributed by atoms with Crippen molar-refractivity contribution in [3.05, 3.63) is 33.5 Å². The van der Waals surface area contributed by atoms with Crippen molar-refractivity contribution in [2.24, 2.45) is 5.73 Å². The normalized spacial score (nSPS) is 14.4. The molecule has 1 aromatic carbocycles. The van der Waals surface area contributed by atoms with Gasteiger partial charge in [0, 0.05) is 4.47 Å². The van der Waals surface area contributed by atoms with Gasteiger partial charge in [0.1, 0.15) is 5.54 Å². The van der Waals surface area contributed by atoms with Crippen LogP contribution in [-0.2, 0) is 10.3 Å². The number of nitrogens with zero attached hydrogens (tertiary/aromatic N) is 2. The van der Waals surface area contributed by atoms with Crippen LogP contribution >= 0.6 is 27.5 Å². The second-order valence-corrected chi connectivity index (χ2v) is 6.65. The molecule has 21 heavy (non-hydrogen) atoms. The van der Waals surface area contributed by atoms with Gasteiger partial charge in [-0.3, -0.25) is 0 Å². The molecule has 1 unspecified atom stereocenters. The molecule has 2 rings (SSSR count). The molecule has 0 saturated heterocycles. The standard InChI is InChI=1S/C14H17BrClN3O2/c1-8(2)20-7-14(3,17)13-18-12(21-19-13)10-5-4-9(15)6-11(10)16/h4-6,8H,7,17H2,1-3H3. The molecule has 2 N–H and O–H groups in total. The van der Waals surface area contributed by atoms with Gasteiger partial charge in [-0.2, -0.15) is 4.98 Å². The number of benzene rings is 1. The largest absolute Gasteiger partial charge is 0.376 e. The zero-order valence-corrected chi connectivity index (χ0v) is 14.4. The van der Waals surface area contributed by atoms with Crippen LogP contribution in [0.5, 0.6) is 0 Å². The Kier molecular flexibility index (Phi) is 5.03. The highest BCUT2D eigenvalue weighted by molar-refractivity contribution is 9.10. The Hall–Kier alpha value is -0.950. The van der Waals surface area contributed by atoms with E-state index in [4.69, 9.17) is 26.6 Å². The van der Waals surface area contributed by atoms with E-state index < -0.39 is 5.54 Å². The lowest BCUT2D eigenvalue weighted by Crippen LogP contribution is -2.40. The predicted octanol–water partition coefficient (Wildman–Crippen LogP) is 3.75. The predicted molar refractivity (Wildman–Crippen MR) is 85.1 cm³/mol. The fourth-order valence-electron chi connectivity index (χ4n) is 1.63. The van der Waals surface area contributed by atoms with Crippen LogP contribution in [0.25, 0.3) is 11.5 Å². The molecule has 5 nitrogen and oxygen atoms in total. The van der Waals surface area contributed by atoms with Crippen LogP contribution in [0.1, 0.15) is 26.6 Å². The van der Waals surface area contributed by atoms with Gasteiger partial charge in [-0.05, 0) is 39.0 Å². The number of rotatable bonds is 5. The summed E-state index contributed by atoms with van der Waals surface area (Å²) in [4.78, 5) is 4.34. The summed E-state index contributed by atoms with van der Waals surface area (Å²) in [6.07, 6.45) is 0.0835. The first-order chi connectivity index (χ1) is 9.79. The smallest absolute Gasteiger partial charge is 0.259 e. The third kappa shape index (κ3) is 4.03. The maximum atomic E-state index is 6.19. The van der Waals surface area contributed by atoms with E-state index in [1.54, 1.807) is 13.0 Å². The van der Waals surface area contributed by atoms with Gasteiger partial charge in [-0.15, -0.1) is 0 Å². The Balaban J connectivity index is 2.25. The first-order valence-corrected chi connectivity index (χ1v) is 7.67. The molecular weight excluding hydrogens is 358 g/mol. The van der Waals surface area contributed by atoms with Gasteiger partial charge in [0.25, 0.3) is 5.89 Å². The molecule has 0 amide bonds. The summed E-state index contributed by atoms with van der Waals surface area (Å²) in [5, 5.41) is 4.47. The Labute approximate surface area is 136 Å². The van der Waals surface area contributed by atoms with E-state index in [0.717, 1.165) is 4.47 Å². The highest BCUT2D eigenvalue weighted by atomic mass is 79.9. The first kappa shape index (κ1) is 16.4. The molecule has 0 bridgehead atoms. The summed E-state index contributed by atoms with van der Waals surface area (Å²) >= 11 is 9.53. The summed E-state index contributed by atoms with van der Waals surface area (Å²) in [5.41, 5.74) is 6.03. The average Bonchev–Trinajstić information content (AvgIpc) is 2.86. The lowest BCUT2D eigenvalue weighted by Gasteiger charge is -2.21. The topological polar surface area (TPSA) is 74.2 Å². The number of hydrogen-bond acceptors (Lipinski definition) is 5. The molecule has 0 aliphatic rings. The minimum absolute atomic E-state index is 0.0835. The molecule has 0 aliphatic carbocycles. The van der Waals surface area contributed by atoms with Crippen LogP contribution in [0.15, 0.2) is 27.2 Å². The Morgan fingerprint density at radius 3 is 2.81 bits per heavy atom. The zero-order chi connectivity index (χ0) is 15.6. The number of halogens is 2. The molecular formula is C14H17BrClN3O2. The lowest BCUT2D eigenvalue weighted by atomic mass is 10.1. The molecule has 114 valence electrons. The van der Waals surface area contributed by atoms with Crippen LogP contribution in [0, 0.1) is 0 Å². The van der Waals surface area contributed by atoms with Crippen molar-refractivity contribution < 1.29 is 9.26 Å². The SMILES string of the molecule is CC(C)OCC(C)(N)c1noc(-c2ccc(Br)cc2Cl)n1. The van der Waals surface area contributed by atoms with Crippen molar-refractivity contribution in [3.8, 4) is 11.5 Å². The summed E-state index contributed by atoms with van der Waals surface area (Å²) < 4.78 is 11.7. The van der Waals surface area contributed by atoms with E-state index in [-0.39, 0.29) is 6.10 Å². The number of hydrogen-bond donors (Lipinski definition) is 1. The Morgan fingerprint density at radius 1 is 1.48 bits per heavy atom. The molecule has 0 saturated carbocycles. The zero-order valence-electron chi connectivity index (χ0n) is 12.1. The minimum Gasteiger partial charge on any atom is -0.376 e. The molecule has 0 fully saturated rings. The van der Waals surface area contributed by atoms with Crippen molar-refractivity contribution in [1.29, 1.82) is 0 Å². The summed E-state index contributed by atoms with van der Waals surface area (Å²) in [7, 11) is 0. The van der Waals surface area contributed by atoms with E-state index in [1.165, 1.54) is 0 Å². The summed E-state index contributed by atoms with van der Waals surface area (Å²) in [6.45, 7) is 5.99. The molecule has 1 atom stereocenters. The van der Waals surface area contributed by atoms with Crippen LogP contribution in [0.4, 0.5) is 0 Å². The lowest BCUT2D eigenvalue weighted by molar-refractivity contribution is 0.0410. The van der Waals surface area contributed by atoms with Crippen molar-refractivity contribution in [1.82, 2.24) is 10.1 Å². The maximum absolute atomic E-state index is 6.19. The van der Waals surface area contributed by atoms with E-state index in [0.29, 0.717) is 28.9 Å². The molecule has 2 aromatic rings. The quantitative estimate of drug-likeness (QED) is 0.862. The third-order valence-corrected chi connectivity index (χ3v) is 3.62. The van der Waals surface area contributed by atoms with E-state index in [2.05, 4.69) is 26.1 Å². The summed E-state index contributed by atoms with van der Waals surface area (Å²) in [6, 6.07) is 5.43. The Morgan fingerprint density at radius 2 is 2.19 bits per heavy atom. The third-order valence-electron chi connectivity index (χ3n) is 2.81. The van der Waals surface area contributed by atoms with Gasteiger partial charge in [-0.25, -0.2) is 0 Å². The van der Waals surface area contributed by atoms with Crippen LogP contribution < -0.4 is 5.73 Å². The van der Waals surface area contributed by atoms with Crippen LogP contribution in [0.3, 0.4) is 0 Å². The number of ether oxygens (including phenoxy) is 1. The van der Waals surface area contributed by atoms with Crippen LogP contribution in [0.2, 0.25) is 5.02 Å². The first-order valence-electron chi connectivity index (χ1n) is 6.49. The van der Waals surface area contributed by atoms with Gasteiger partial charge < -0.3 is 15.0 Å². The molecule has 0 radical (unpaired) electrons. The fraction of sp³-hybridized carbons (Fsp3) is 0.429. The minimum atomic E-state index is -0.826. The maximum Gasteiger partial charge on any atom is 0.259 e. The van der Waals surface area contributed by atoms with E-state index in [9.17, 15) is 0 Å². The van der Waals surface area contributed by atoms with Crippen molar-refractivity contribution in [3.63, 3.8) is 0 Å². The average molecular weight is 375 g/mol. The molecule has 1 aromatic heterocycles. The van der Waals surface area contributed by atoms with Crippen molar-refractivity contribution in [2.75, 3.05) is 6.61 Å². The highest BCUT2D eigenvalue weighted by Crippen LogP contribution is 2.30. The van der Waals surface area contributed by atoms with E-state index >= 15 is 0 Å². The monoisotopic (exact) mass is 373 g/mol. The van der Waals surface area contributed by atoms with Crippen molar-refractivity contribution in [2.45, 2.75) is 32.4 Å². The van der Waals surface area contributed by atoms with Gasteiger partial charge >= 0.3 is 0 Å². The second kappa shape index (κ2) is 6.44. The van der Waals surface area contributed by atoms with Crippen molar-refractivity contribution >= 4 is 27.5 Å². The number of nitrogens with two attached hydrogens (primary N) is 1. The van der Waals surface area contributed by atoms with E-state index in [1.807, 2.05) is 26.0 Å². The molecule has 7 heteroatoms.